The molecule has 1 saturated heterocycles. The Morgan fingerprint density at radius 3 is 2.58 bits per heavy atom. The van der Waals surface area contributed by atoms with Gasteiger partial charge in [-0.15, -0.1) is 0 Å². The topological polar surface area (TPSA) is 40.6 Å². The van der Waals surface area contributed by atoms with E-state index in [-0.39, 0.29) is 11.8 Å². The van der Waals surface area contributed by atoms with Gasteiger partial charge >= 0.3 is 0 Å². The Hall–Kier alpha value is -2.33. The molecule has 1 aliphatic heterocycles. The molecule has 124 valence electrons. The summed E-state index contributed by atoms with van der Waals surface area (Å²) >= 11 is 6.12. The fraction of sp³-hybridized carbons (Fsp3) is 0.263. The number of amides is 2. The summed E-state index contributed by atoms with van der Waals surface area (Å²) in [4.78, 5) is 28.8. The number of benzene rings is 2. The minimum atomic E-state index is -0.525. The van der Waals surface area contributed by atoms with E-state index in [9.17, 15) is 9.59 Å². The molecule has 4 nitrogen and oxygen atoms in total. The van der Waals surface area contributed by atoms with Crippen LogP contribution in [0.15, 0.2) is 48.5 Å². The number of piperazine rings is 1. The molecule has 0 radical (unpaired) electrons. The standard InChI is InChI=1S/C19H19ClN2O2/c1-13-6-5-7-15(12-13)22-11-10-21(14(2)18(22)23)19(24)16-8-3-4-9-17(16)20/h3-9,12,14H,10-11H2,1-2H3/t14-/m0/s1. The number of rotatable bonds is 2. The van der Waals surface area contributed by atoms with Gasteiger partial charge in [0.15, 0.2) is 0 Å². The summed E-state index contributed by atoms with van der Waals surface area (Å²) < 4.78 is 0. The molecule has 2 aromatic rings. The highest BCUT2D eigenvalue weighted by Crippen LogP contribution is 2.24. The van der Waals surface area contributed by atoms with Crippen LogP contribution in [0.1, 0.15) is 22.8 Å². The van der Waals surface area contributed by atoms with Gasteiger partial charge in [0.1, 0.15) is 6.04 Å². The van der Waals surface area contributed by atoms with Gasteiger partial charge in [0.25, 0.3) is 5.91 Å². The third kappa shape index (κ3) is 3.02. The van der Waals surface area contributed by atoms with Crippen LogP contribution in [-0.2, 0) is 4.79 Å². The normalized spacial score (nSPS) is 18.0. The second-order valence-corrected chi connectivity index (χ2v) is 6.39. The maximum atomic E-state index is 12.8. The molecule has 5 heteroatoms. The molecule has 2 aromatic carbocycles. The van der Waals surface area contributed by atoms with Crippen molar-refractivity contribution in [3.05, 3.63) is 64.7 Å². The van der Waals surface area contributed by atoms with Crippen molar-refractivity contribution in [2.75, 3.05) is 18.0 Å². The van der Waals surface area contributed by atoms with E-state index >= 15 is 0 Å². The van der Waals surface area contributed by atoms with Crippen LogP contribution in [-0.4, -0.2) is 35.8 Å². The van der Waals surface area contributed by atoms with Gasteiger partial charge in [-0.25, -0.2) is 0 Å². The lowest BCUT2D eigenvalue weighted by molar-refractivity contribution is -0.124. The molecule has 0 aromatic heterocycles. The molecule has 0 unspecified atom stereocenters. The van der Waals surface area contributed by atoms with Gasteiger partial charge in [0, 0.05) is 18.8 Å². The lowest BCUT2D eigenvalue weighted by Crippen LogP contribution is -2.57. The number of carbonyl (C=O) groups excluding carboxylic acids is 2. The first-order chi connectivity index (χ1) is 11.5. The van der Waals surface area contributed by atoms with Gasteiger partial charge in [-0.3, -0.25) is 9.59 Å². The van der Waals surface area contributed by atoms with E-state index in [0.29, 0.717) is 23.7 Å². The SMILES string of the molecule is Cc1cccc(N2CCN(C(=O)c3ccccc3Cl)[C@@H](C)C2=O)c1. The first-order valence-corrected chi connectivity index (χ1v) is 8.30. The van der Waals surface area contributed by atoms with Gasteiger partial charge in [0.2, 0.25) is 5.91 Å². The van der Waals surface area contributed by atoms with E-state index in [2.05, 4.69) is 0 Å². The van der Waals surface area contributed by atoms with Crippen molar-refractivity contribution >= 4 is 29.1 Å². The molecule has 1 heterocycles. The molecule has 24 heavy (non-hydrogen) atoms. The average Bonchev–Trinajstić information content (AvgIpc) is 2.57. The van der Waals surface area contributed by atoms with Gasteiger partial charge in [-0.2, -0.15) is 0 Å². The van der Waals surface area contributed by atoms with Crippen LogP contribution in [0.25, 0.3) is 0 Å². The minimum absolute atomic E-state index is 0.0766. The lowest BCUT2D eigenvalue weighted by Gasteiger charge is -2.39. The largest absolute Gasteiger partial charge is 0.325 e. The zero-order valence-electron chi connectivity index (χ0n) is 13.7. The summed E-state index contributed by atoms with van der Waals surface area (Å²) in [6.45, 7) is 4.71. The van der Waals surface area contributed by atoms with E-state index in [1.54, 1.807) is 41.0 Å². The van der Waals surface area contributed by atoms with Crippen molar-refractivity contribution in [2.24, 2.45) is 0 Å². The lowest BCUT2D eigenvalue weighted by atomic mass is 10.1. The Balaban J connectivity index is 1.83. The monoisotopic (exact) mass is 342 g/mol. The highest BCUT2D eigenvalue weighted by atomic mass is 35.5. The van der Waals surface area contributed by atoms with Gasteiger partial charge in [-0.1, -0.05) is 35.9 Å². The van der Waals surface area contributed by atoms with Crippen LogP contribution in [0.2, 0.25) is 5.02 Å². The summed E-state index contributed by atoms with van der Waals surface area (Å²) in [5, 5.41) is 0.406. The molecule has 0 saturated carbocycles. The van der Waals surface area contributed by atoms with Crippen molar-refractivity contribution in [2.45, 2.75) is 19.9 Å². The minimum Gasteiger partial charge on any atom is -0.325 e. The number of aryl methyl sites for hydroxylation is 1. The highest BCUT2D eigenvalue weighted by molar-refractivity contribution is 6.33. The Labute approximate surface area is 146 Å². The molecule has 0 N–H and O–H groups in total. The molecular formula is C19H19ClN2O2. The van der Waals surface area contributed by atoms with Crippen LogP contribution in [0.3, 0.4) is 0 Å². The van der Waals surface area contributed by atoms with Crippen molar-refractivity contribution in [3.63, 3.8) is 0 Å². The Bertz CT molecular complexity index is 790. The smallest absolute Gasteiger partial charge is 0.256 e. The van der Waals surface area contributed by atoms with E-state index in [1.807, 2.05) is 31.2 Å². The molecule has 0 bridgehead atoms. The number of anilines is 1. The number of halogens is 1. The van der Waals surface area contributed by atoms with E-state index < -0.39 is 6.04 Å². The quantitative estimate of drug-likeness (QED) is 0.837. The summed E-state index contributed by atoms with van der Waals surface area (Å²) in [7, 11) is 0. The maximum absolute atomic E-state index is 12.8. The molecule has 1 fully saturated rings. The van der Waals surface area contributed by atoms with Gasteiger partial charge < -0.3 is 9.80 Å². The zero-order valence-corrected chi connectivity index (χ0v) is 14.5. The molecule has 1 aliphatic rings. The number of hydrogen-bond acceptors (Lipinski definition) is 2. The first-order valence-electron chi connectivity index (χ1n) is 7.92. The van der Waals surface area contributed by atoms with E-state index in [4.69, 9.17) is 11.6 Å². The second kappa shape index (κ2) is 6.65. The Kier molecular flexibility index (Phi) is 4.58. The summed E-state index contributed by atoms with van der Waals surface area (Å²) in [6.07, 6.45) is 0. The fourth-order valence-electron chi connectivity index (χ4n) is 2.99. The van der Waals surface area contributed by atoms with Crippen LogP contribution < -0.4 is 4.90 Å². The predicted octanol–water partition coefficient (Wildman–Crippen LogP) is 3.53. The number of hydrogen-bond donors (Lipinski definition) is 0. The van der Waals surface area contributed by atoms with E-state index in [0.717, 1.165) is 11.3 Å². The summed E-state index contributed by atoms with van der Waals surface area (Å²) in [6, 6.07) is 14.2. The van der Waals surface area contributed by atoms with Crippen LogP contribution in [0.5, 0.6) is 0 Å². The predicted molar refractivity (Wildman–Crippen MR) is 95.5 cm³/mol. The van der Waals surface area contributed by atoms with Gasteiger partial charge in [-0.05, 0) is 43.7 Å². The highest BCUT2D eigenvalue weighted by Gasteiger charge is 2.35. The third-order valence-electron chi connectivity index (χ3n) is 4.33. The summed E-state index contributed by atoms with van der Waals surface area (Å²) in [5.74, 6) is -0.280. The van der Waals surface area contributed by atoms with Crippen molar-refractivity contribution in [1.82, 2.24) is 4.90 Å². The average molecular weight is 343 g/mol. The molecular weight excluding hydrogens is 324 g/mol. The fourth-order valence-corrected chi connectivity index (χ4v) is 3.21. The Morgan fingerprint density at radius 2 is 1.88 bits per heavy atom. The van der Waals surface area contributed by atoms with Crippen LogP contribution >= 0.6 is 11.6 Å². The molecule has 1 atom stereocenters. The Morgan fingerprint density at radius 1 is 1.12 bits per heavy atom. The molecule has 0 spiro atoms. The van der Waals surface area contributed by atoms with E-state index in [1.165, 1.54) is 0 Å². The van der Waals surface area contributed by atoms with Crippen molar-refractivity contribution < 1.29 is 9.59 Å². The summed E-state index contributed by atoms with van der Waals surface area (Å²) in [5.41, 5.74) is 2.40. The molecule has 2 amide bonds. The van der Waals surface area contributed by atoms with Crippen molar-refractivity contribution in [3.8, 4) is 0 Å². The first kappa shape index (κ1) is 16.5. The van der Waals surface area contributed by atoms with Crippen LogP contribution in [0.4, 0.5) is 5.69 Å². The molecule has 3 rings (SSSR count). The van der Waals surface area contributed by atoms with Crippen molar-refractivity contribution in [1.29, 1.82) is 0 Å². The van der Waals surface area contributed by atoms with Crippen LogP contribution in [0, 0.1) is 6.92 Å². The maximum Gasteiger partial charge on any atom is 0.256 e. The zero-order chi connectivity index (χ0) is 17.3. The number of carbonyl (C=O) groups is 2. The second-order valence-electron chi connectivity index (χ2n) is 5.98. The number of nitrogens with zero attached hydrogens (tertiary/aromatic N) is 2. The third-order valence-corrected chi connectivity index (χ3v) is 4.66. The molecule has 0 aliphatic carbocycles. The van der Waals surface area contributed by atoms with Gasteiger partial charge in [0.05, 0.1) is 10.6 Å².